The number of nitrogens with zero attached hydrogens (tertiary/aromatic N) is 1. The number of hydrogen-bond donors (Lipinski definition) is 2. The Morgan fingerprint density at radius 3 is 2.53 bits per heavy atom. The third-order valence-corrected chi connectivity index (χ3v) is 3.73. The molecule has 110 valence electrons. The van der Waals surface area contributed by atoms with Crippen molar-refractivity contribution in [3.8, 4) is 0 Å². The second-order valence-corrected chi connectivity index (χ2v) is 5.14. The van der Waals surface area contributed by atoms with Crippen molar-refractivity contribution in [3.63, 3.8) is 0 Å². The maximum absolute atomic E-state index is 11.6. The van der Waals surface area contributed by atoms with Crippen molar-refractivity contribution in [3.05, 3.63) is 11.8 Å². The van der Waals surface area contributed by atoms with Gasteiger partial charge in [-0.05, 0) is 51.7 Å². The Hall–Kier alpha value is -1.03. The van der Waals surface area contributed by atoms with E-state index in [-0.39, 0.29) is 6.03 Å². The van der Waals surface area contributed by atoms with E-state index in [1.807, 2.05) is 6.20 Å². The predicted molar refractivity (Wildman–Crippen MR) is 80.1 cm³/mol. The predicted octanol–water partition coefficient (Wildman–Crippen LogP) is 2.87. The molecule has 0 unspecified atom stereocenters. The van der Waals surface area contributed by atoms with Crippen LogP contribution in [0, 0.1) is 0 Å². The van der Waals surface area contributed by atoms with E-state index >= 15 is 0 Å². The Morgan fingerprint density at radius 2 is 1.89 bits per heavy atom. The molecule has 1 saturated carbocycles. The molecule has 1 rings (SSSR count). The molecule has 0 aliphatic heterocycles. The minimum absolute atomic E-state index is 0.0716. The molecule has 1 fully saturated rings. The van der Waals surface area contributed by atoms with E-state index < -0.39 is 0 Å². The minimum Gasteiger partial charge on any atom is -0.338 e. The summed E-state index contributed by atoms with van der Waals surface area (Å²) in [6.45, 7) is 8.28. The van der Waals surface area contributed by atoms with E-state index in [0.29, 0.717) is 0 Å². The maximum atomic E-state index is 11.6. The molecule has 4 nitrogen and oxygen atoms in total. The summed E-state index contributed by atoms with van der Waals surface area (Å²) in [6.07, 6.45) is 9.04. The summed E-state index contributed by atoms with van der Waals surface area (Å²) in [6, 6.07) is -0.0716. The standard InChI is InChI=1S/C15H29N3O/c1-3-18(4-2)12-8-11-16-15(19)17-13-14-9-6-5-7-10-14/h13H,3-12H2,1-2H3,(H2,16,17,19). The molecule has 4 heteroatoms. The van der Waals surface area contributed by atoms with Crippen molar-refractivity contribution in [1.82, 2.24) is 15.5 Å². The van der Waals surface area contributed by atoms with E-state index in [9.17, 15) is 4.79 Å². The fourth-order valence-electron chi connectivity index (χ4n) is 2.41. The Balaban J connectivity index is 2.07. The first-order chi connectivity index (χ1) is 9.26. The van der Waals surface area contributed by atoms with Gasteiger partial charge in [-0.25, -0.2) is 4.79 Å². The summed E-state index contributed by atoms with van der Waals surface area (Å²) in [5, 5.41) is 5.75. The SMILES string of the molecule is CCN(CC)CCCNC(=O)NC=C1CCCCC1. The van der Waals surface area contributed by atoms with Gasteiger partial charge in [-0.3, -0.25) is 0 Å². The van der Waals surface area contributed by atoms with Crippen molar-refractivity contribution in [2.24, 2.45) is 0 Å². The summed E-state index contributed by atoms with van der Waals surface area (Å²) >= 11 is 0. The summed E-state index contributed by atoms with van der Waals surface area (Å²) in [5.41, 5.74) is 1.38. The molecule has 0 spiro atoms. The average Bonchev–Trinajstić information content (AvgIpc) is 2.46. The largest absolute Gasteiger partial charge is 0.338 e. The van der Waals surface area contributed by atoms with E-state index in [4.69, 9.17) is 0 Å². The Morgan fingerprint density at radius 1 is 1.21 bits per heavy atom. The normalized spacial score (nSPS) is 15.4. The lowest BCUT2D eigenvalue weighted by molar-refractivity contribution is 0.242. The number of urea groups is 1. The highest BCUT2D eigenvalue weighted by molar-refractivity contribution is 5.74. The molecule has 0 heterocycles. The first-order valence-corrected chi connectivity index (χ1v) is 7.71. The van der Waals surface area contributed by atoms with Crippen LogP contribution in [0.1, 0.15) is 52.4 Å². The number of carbonyl (C=O) groups excluding carboxylic acids is 1. The molecule has 0 aromatic heterocycles. The molecule has 0 saturated heterocycles. The van der Waals surface area contributed by atoms with Gasteiger partial charge in [-0.1, -0.05) is 25.8 Å². The number of hydrogen-bond acceptors (Lipinski definition) is 2. The number of rotatable bonds is 7. The molecule has 0 radical (unpaired) electrons. The Labute approximate surface area is 117 Å². The van der Waals surface area contributed by atoms with Crippen LogP contribution in [-0.4, -0.2) is 37.1 Å². The van der Waals surface area contributed by atoms with Gasteiger partial charge >= 0.3 is 6.03 Å². The third-order valence-electron chi connectivity index (χ3n) is 3.73. The number of amides is 2. The van der Waals surface area contributed by atoms with Crippen LogP contribution in [0.4, 0.5) is 4.79 Å². The van der Waals surface area contributed by atoms with Gasteiger partial charge in [-0.2, -0.15) is 0 Å². The van der Waals surface area contributed by atoms with Crippen molar-refractivity contribution in [2.45, 2.75) is 52.4 Å². The van der Waals surface area contributed by atoms with Crippen LogP contribution in [0.15, 0.2) is 11.8 Å². The molecular weight excluding hydrogens is 238 g/mol. The van der Waals surface area contributed by atoms with Crippen LogP contribution in [0.5, 0.6) is 0 Å². The van der Waals surface area contributed by atoms with E-state index in [2.05, 4.69) is 29.4 Å². The lowest BCUT2D eigenvalue weighted by atomic mass is 9.96. The van der Waals surface area contributed by atoms with E-state index in [1.165, 1.54) is 24.8 Å². The molecule has 1 aliphatic carbocycles. The number of carbonyl (C=O) groups is 1. The van der Waals surface area contributed by atoms with Crippen LogP contribution in [0.25, 0.3) is 0 Å². The Bertz CT molecular complexity index is 277. The van der Waals surface area contributed by atoms with Crippen LogP contribution >= 0.6 is 0 Å². The summed E-state index contributed by atoms with van der Waals surface area (Å²) in [5.74, 6) is 0. The summed E-state index contributed by atoms with van der Waals surface area (Å²) in [7, 11) is 0. The van der Waals surface area contributed by atoms with Gasteiger partial charge in [0.1, 0.15) is 0 Å². The van der Waals surface area contributed by atoms with E-state index in [1.54, 1.807) is 0 Å². The first kappa shape index (κ1) is 16.0. The van der Waals surface area contributed by atoms with Crippen LogP contribution in [-0.2, 0) is 0 Å². The molecule has 19 heavy (non-hydrogen) atoms. The second kappa shape index (κ2) is 9.84. The molecule has 1 aliphatic rings. The fraction of sp³-hybridized carbons (Fsp3) is 0.800. The lowest BCUT2D eigenvalue weighted by Crippen LogP contribution is -2.35. The number of nitrogens with one attached hydrogen (secondary N) is 2. The molecule has 0 atom stereocenters. The van der Waals surface area contributed by atoms with Gasteiger partial charge in [0.2, 0.25) is 0 Å². The molecule has 2 amide bonds. The average molecular weight is 267 g/mol. The topological polar surface area (TPSA) is 44.4 Å². The summed E-state index contributed by atoms with van der Waals surface area (Å²) < 4.78 is 0. The van der Waals surface area contributed by atoms with Gasteiger partial charge in [0.15, 0.2) is 0 Å². The third kappa shape index (κ3) is 7.21. The van der Waals surface area contributed by atoms with Gasteiger partial charge in [0.25, 0.3) is 0 Å². The van der Waals surface area contributed by atoms with Crippen molar-refractivity contribution >= 4 is 6.03 Å². The zero-order chi connectivity index (χ0) is 13.9. The Kier molecular flexibility index (Phi) is 8.30. The lowest BCUT2D eigenvalue weighted by Gasteiger charge is -2.17. The smallest absolute Gasteiger partial charge is 0.318 e. The highest BCUT2D eigenvalue weighted by Crippen LogP contribution is 2.21. The molecule has 0 aromatic carbocycles. The van der Waals surface area contributed by atoms with Gasteiger partial charge in [0, 0.05) is 12.7 Å². The van der Waals surface area contributed by atoms with Crippen LogP contribution < -0.4 is 10.6 Å². The van der Waals surface area contributed by atoms with Crippen molar-refractivity contribution < 1.29 is 4.79 Å². The zero-order valence-corrected chi connectivity index (χ0v) is 12.5. The quantitative estimate of drug-likeness (QED) is 0.697. The van der Waals surface area contributed by atoms with Crippen molar-refractivity contribution in [2.75, 3.05) is 26.2 Å². The minimum atomic E-state index is -0.0716. The fourth-order valence-corrected chi connectivity index (χ4v) is 2.41. The van der Waals surface area contributed by atoms with Crippen LogP contribution in [0.3, 0.4) is 0 Å². The summed E-state index contributed by atoms with van der Waals surface area (Å²) in [4.78, 5) is 14.0. The van der Waals surface area contributed by atoms with Crippen molar-refractivity contribution in [1.29, 1.82) is 0 Å². The van der Waals surface area contributed by atoms with Gasteiger partial charge in [-0.15, -0.1) is 0 Å². The zero-order valence-electron chi connectivity index (χ0n) is 12.5. The maximum Gasteiger partial charge on any atom is 0.318 e. The molecule has 2 N–H and O–H groups in total. The molecular formula is C15H29N3O. The molecule has 0 bridgehead atoms. The first-order valence-electron chi connectivity index (χ1n) is 7.71. The molecule has 0 aromatic rings. The highest BCUT2D eigenvalue weighted by Gasteiger charge is 2.05. The van der Waals surface area contributed by atoms with Gasteiger partial charge in [0.05, 0.1) is 0 Å². The van der Waals surface area contributed by atoms with Gasteiger partial charge < -0.3 is 15.5 Å². The van der Waals surface area contributed by atoms with E-state index in [0.717, 1.165) is 45.4 Å². The second-order valence-electron chi connectivity index (χ2n) is 5.14. The highest BCUT2D eigenvalue weighted by atomic mass is 16.2. The number of allylic oxidation sites excluding steroid dienone is 1. The van der Waals surface area contributed by atoms with Crippen LogP contribution in [0.2, 0.25) is 0 Å². The monoisotopic (exact) mass is 267 g/mol.